The van der Waals surface area contributed by atoms with Crippen molar-refractivity contribution in [1.29, 1.82) is 5.26 Å². The Morgan fingerprint density at radius 1 is 1.44 bits per heavy atom. The summed E-state index contributed by atoms with van der Waals surface area (Å²) in [6, 6.07) is 7.65. The quantitative estimate of drug-likeness (QED) is 0.864. The van der Waals surface area contributed by atoms with Crippen LogP contribution in [0.25, 0.3) is 0 Å². The van der Waals surface area contributed by atoms with Gasteiger partial charge < -0.3 is 4.74 Å². The van der Waals surface area contributed by atoms with Gasteiger partial charge in [-0.1, -0.05) is 17.7 Å². The Morgan fingerprint density at radius 3 is 2.89 bits per heavy atom. The number of nitrogens with one attached hydrogen (secondary N) is 1. The fourth-order valence-corrected chi connectivity index (χ4v) is 1.91. The van der Waals surface area contributed by atoms with Crippen molar-refractivity contribution in [1.82, 2.24) is 5.32 Å². The van der Waals surface area contributed by atoms with Crippen molar-refractivity contribution in [2.24, 2.45) is 0 Å². The maximum atomic E-state index is 12.1. The second-order valence-electron chi connectivity index (χ2n) is 4.29. The number of carbonyl (C=O) groups excluding carboxylic acids is 1. The molecule has 92 valence electrons. The Labute approximate surface area is 106 Å². The summed E-state index contributed by atoms with van der Waals surface area (Å²) >= 11 is 0. The zero-order valence-corrected chi connectivity index (χ0v) is 10.4. The fraction of sp³-hybridized carbons (Fsp3) is 0.286. The number of amides is 1. The molecule has 0 unspecified atom stereocenters. The normalized spacial score (nSPS) is 14.1. The molecule has 0 aromatic heterocycles. The van der Waals surface area contributed by atoms with Crippen molar-refractivity contribution in [3.05, 3.63) is 46.3 Å². The number of benzene rings is 1. The van der Waals surface area contributed by atoms with E-state index in [1.54, 1.807) is 6.07 Å². The average Bonchev–Trinajstić information content (AvgIpc) is 2.76. The lowest BCUT2D eigenvalue weighted by Gasteiger charge is -2.09. The van der Waals surface area contributed by atoms with E-state index in [9.17, 15) is 4.79 Å². The molecule has 18 heavy (non-hydrogen) atoms. The van der Waals surface area contributed by atoms with Crippen LogP contribution in [0.15, 0.2) is 29.7 Å². The number of carbonyl (C=O) groups is 1. The van der Waals surface area contributed by atoms with Crippen LogP contribution in [0.4, 0.5) is 0 Å². The van der Waals surface area contributed by atoms with E-state index >= 15 is 0 Å². The van der Waals surface area contributed by atoms with Crippen molar-refractivity contribution < 1.29 is 9.53 Å². The van der Waals surface area contributed by atoms with Gasteiger partial charge in [0.05, 0.1) is 12.2 Å². The highest BCUT2D eigenvalue weighted by Crippen LogP contribution is 2.17. The summed E-state index contributed by atoms with van der Waals surface area (Å²) < 4.78 is 5.24. The molecule has 0 aliphatic carbocycles. The van der Waals surface area contributed by atoms with Gasteiger partial charge in [-0.05, 0) is 25.5 Å². The molecule has 1 amide bonds. The van der Waals surface area contributed by atoms with Crippen molar-refractivity contribution in [2.75, 3.05) is 6.61 Å². The van der Waals surface area contributed by atoms with Gasteiger partial charge in [-0.3, -0.25) is 10.1 Å². The lowest BCUT2D eigenvalue weighted by atomic mass is 10.1. The molecule has 1 aromatic carbocycles. The third-order valence-electron chi connectivity index (χ3n) is 2.86. The predicted molar refractivity (Wildman–Crippen MR) is 66.6 cm³/mol. The molecule has 0 fully saturated rings. The standard InChI is InChI=1S/C14H14N2O2/c1-9-3-4-12(10(2)7-9)13(17)16-14-11(8-15)5-6-18-14/h3-4,7H,5-6H2,1-2H3,(H,16,17). The summed E-state index contributed by atoms with van der Waals surface area (Å²) in [6.45, 7) is 4.31. The Balaban J connectivity index is 2.21. The molecular formula is C14H14N2O2. The summed E-state index contributed by atoms with van der Waals surface area (Å²) in [7, 11) is 0. The van der Waals surface area contributed by atoms with Gasteiger partial charge in [0, 0.05) is 12.0 Å². The molecule has 1 N–H and O–H groups in total. The smallest absolute Gasteiger partial charge is 0.258 e. The maximum Gasteiger partial charge on any atom is 0.258 e. The van der Waals surface area contributed by atoms with Crippen LogP contribution in [0.1, 0.15) is 27.9 Å². The minimum atomic E-state index is -0.239. The monoisotopic (exact) mass is 242 g/mol. The van der Waals surface area contributed by atoms with Crippen LogP contribution >= 0.6 is 0 Å². The molecule has 1 aliphatic heterocycles. The highest BCUT2D eigenvalue weighted by molar-refractivity contribution is 5.96. The van der Waals surface area contributed by atoms with Crippen molar-refractivity contribution in [3.8, 4) is 6.07 Å². The van der Waals surface area contributed by atoms with E-state index < -0.39 is 0 Å². The van der Waals surface area contributed by atoms with Crippen LogP contribution < -0.4 is 5.32 Å². The molecule has 4 nitrogen and oxygen atoms in total. The Bertz CT molecular complexity index is 568. The molecule has 1 heterocycles. The van der Waals surface area contributed by atoms with E-state index in [0.29, 0.717) is 30.0 Å². The fourth-order valence-electron chi connectivity index (χ4n) is 1.91. The molecule has 0 saturated carbocycles. The van der Waals surface area contributed by atoms with Gasteiger partial charge in [0.25, 0.3) is 5.91 Å². The van der Waals surface area contributed by atoms with Gasteiger partial charge in [-0.15, -0.1) is 0 Å². The van der Waals surface area contributed by atoms with Gasteiger partial charge in [0.2, 0.25) is 5.88 Å². The van der Waals surface area contributed by atoms with E-state index in [0.717, 1.165) is 11.1 Å². The number of aryl methyl sites for hydroxylation is 2. The molecule has 0 spiro atoms. The topological polar surface area (TPSA) is 62.1 Å². The van der Waals surface area contributed by atoms with E-state index in [4.69, 9.17) is 10.00 Å². The molecule has 0 atom stereocenters. The van der Waals surface area contributed by atoms with E-state index in [1.165, 1.54) is 0 Å². The summed E-state index contributed by atoms with van der Waals surface area (Å²) in [5.74, 6) is 0.0552. The lowest BCUT2D eigenvalue weighted by molar-refractivity contribution is 0.0930. The summed E-state index contributed by atoms with van der Waals surface area (Å²) in [5.41, 5.74) is 3.11. The van der Waals surface area contributed by atoms with Gasteiger partial charge in [-0.25, -0.2) is 0 Å². The minimum absolute atomic E-state index is 0.239. The highest BCUT2D eigenvalue weighted by atomic mass is 16.5. The first-order chi connectivity index (χ1) is 8.61. The number of ether oxygens (including phenoxy) is 1. The molecule has 0 radical (unpaired) electrons. The van der Waals surface area contributed by atoms with E-state index in [2.05, 4.69) is 5.32 Å². The molecule has 1 aliphatic rings. The van der Waals surface area contributed by atoms with Gasteiger partial charge in [-0.2, -0.15) is 5.26 Å². The van der Waals surface area contributed by atoms with Crippen molar-refractivity contribution in [3.63, 3.8) is 0 Å². The molecule has 1 aromatic rings. The first-order valence-electron chi connectivity index (χ1n) is 5.76. The number of hydrogen-bond acceptors (Lipinski definition) is 3. The van der Waals surface area contributed by atoms with E-state index in [-0.39, 0.29) is 5.91 Å². The zero-order valence-electron chi connectivity index (χ0n) is 10.4. The molecule has 0 saturated heterocycles. The van der Waals surface area contributed by atoms with Crippen LogP contribution in [0.5, 0.6) is 0 Å². The number of hydrogen-bond donors (Lipinski definition) is 1. The van der Waals surface area contributed by atoms with Gasteiger partial charge >= 0.3 is 0 Å². The van der Waals surface area contributed by atoms with Crippen LogP contribution in [0, 0.1) is 25.2 Å². The largest absolute Gasteiger partial charge is 0.478 e. The van der Waals surface area contributed by atoms with Crippen LogP contribution in [0.3, 0.4) is 0 Å². The summed E-state index contributed by atoms with van der Waals surface area (Å²) in [6.07, 6.45) is 0.555. The number of nitriles is 1. The third kappa shape index (κ3) is 2.35. The second kappa shape index (κ2) is 4.92. The van der Waals surface area contributed by atoms with E-state index in [1.807, 2.05) is 32.0 Å². The summed E-state index contributed by atoms with van der Waals surface area (Å²) in [4.78, 5) is 12.1. The minimum Gasteiger partial charge on any atom is -0.478 e. The predicted octanol–water partition coefficient (Wildman–Crippen LogP) is 2.19. The van der Waals surface area contributed by atoms with Crippen LogP contribution in [0.2, 0.25) is 0 Å². The maximum absolute atomic E-state index is 12.1. The third-order valence-corrected chi connectivity index (χ3v) is 2.86. The average molecular weight is 242 g/mol. The van der Waals surface area contributed by atoms with Crippen LogP contribution in [-0.2, 0) is 4.74 Å². The molecule has 2 rings (SSSR count). The van der Waals surface area contributed by atoms with Gasteiger partial charge in [0.1, 0.15) is 6.07 Å². The van der Waals surface area contributed by atoms with Crippen molar-refractivity contribution >= 4 is 5.91 Å². The molecule has 0 bridgehead atoms. The second-order valence-corrected chi connectivity index (χ2v) is 4.29. The van der Waals surface area contributed by atoms with Gasteiger partial charge in [0.15, 0.2) is 0 Å². The molecule has 4 heteroatoms. The summed E-state index contributed by atoms with van der Waals surface area (Å²) in [5, 5.41) is 11.5. The SMILES string of the molecule is Cc1ccc(C(=O)NC2=C(C#N)CCO2)c(C)c1. The highest BCUT2D eigenvalue weighted by Gasteiger charge is 2.19. The zero-order chi connectivity index (χ0) is 13.1. The lowest BCUT2D eigenvalue weighted by Crippen LogP contribution is -2.24. The first kappa shape index (κ1) is 12.2. The molecular weight excluding hydrogens is 228 g/mol. The first-order valence-corrected chi connectivity index (χ1v) is 5.76. The van der Waals surface area contributed by atoms with Crippen molar-refractivity contribution in [2.45, 2.75) is 20.3 Å². The number of rotatable bonds is 2. The number of nitrogens with zero attached hydrogens (tertiary/aromatic N) is 1. The Hall–Kier alpha value is -2.28. The Kier molecular flexibility index (Phi) is 3.33. The Morgan fingerprint density at radius 2 is 2.22 bits per heavy atom. The van der Waals surface area contributed by atoms with Crippen LogP contribution in [-0.4, -0.2) is 12.5 Å².